The summed E-state index contributed by atoms with van der Waals surface area (Å²) in [7, 11) is 0. The van der Waals surface area contributed by atoms with Gasteiger partial charge in [0.15, 0.2) is 0 Å². The molecule has 12 heavy (non-hydrogen) atoms. The molecule has 1 aliphatic heterocycles. The maximum atomic E-state index is 5.89. The summed E-state index contributed by atoms with van der Waals surface area (Å²) in [5.41, 5.74) is 11.7. The molecule has 1 saturated heterocycles. The van der Waals surface area contributed by atoms with Crippen molar-refractivity contribution in [2.75, 3.05) is 0 Å². The molecule has 0 amide bonds. The van der Waals surface area contributed by atoms with Crippen molar-refractivity contribution in [2.24, 2.45) is 11.5 Å². The molecule has 4 N–H and O–H groups in total. The maximum Gasteiger partial charge on any atom is 0.0730 e. The molecule has 1 aliphatic rings. The van der Waals surface area contributed by atoms with Crippen molar-refractivity contribution in [1.82, 2.24) is 0 Å². The first-order valence-electron chi connectivity index (χ1n) is 4.81. The van der Waals surface area contributed by atoms with Gasteiger partial charge in [0.25, 0.3) is 0 Å². The molecule has 72 valence electrons. The fraction of sp³-hybridized carbons (Fsp3) is 1.00. The van der Waals surface area contributed by atoms with E-state index < -0.39 is 0 Å². The van der Waals surface area contributed by atoms with Gasteiger partial charge in [-0.05, 0) is 26.2 Å². The van der Waals surface area contributed by atoms with Gasteiger partial charge in [-0.1, -0.05) is 6.92 Å². The summed E-state index contributed by atoms with van der Waals surface area (Å²) in [6.45, 7) is 4.12. The Labute approximate surface area is 74.4 Å². The molecule has 0 spiro atoms. The van der Waals surface area contributed by atoms with Crippen molar-refractivity contribution in [3.63, 3.8) is 0 Å². The average molecular weight is 172 g/mol. The maximum absolute atomic E-state index is 5.89. The Morgan fingerprint density at radius 2 is 2.17 bits per heavy atom. The molecule has 0 aromatic rings. The summed E-state index contributed by atoms with van der Waals surface area (Å²) in [6.07, 6.45) is 3.43. The fourth-order valence-electron chi connectivity index (χ4n) is 1.61. The quantitative estimate of drug-likeness (QED) is 0.642. The van der Waals surface area contributed by atoms with E-state index in [1.807, 2.05) is 6.92 Å². The van der Waals surface area contributed by atoms with Crippen molar-refractivity contribution in [2.45, 2.75) is 57.4 Å². The van der Waals surface area contributed by atoms with E-state index in [2.05, 4.69) is 6.92 Å². The lowest BCUT2D eigenvalue weighted by Crippen LogP contribution is -2.48. The van der Waals surface area contributed by atoms with Gasteiger partial charge in [0.1, 0.15) is 0 Å². The minimum Gasteiger partial charge on any atom is -0.372 e. The first-order valence-corrected chi connectivity index (χ1v) is 4.81. The molecule has 3 heteroatoms. The van der Waals surface area contributed by atoms with Crippen LogP contribution in [-0.4, -0.2) is 24.3 Å². The summed E-state index contributed by atoms with van der Waals surface area (Å²) in [4.78, 5) is 0. The largest absolute Gasteiger partial charge is 0.372 e. The lowest BCUT2D eigenvalue weighted by Gasteiger charge is -2.35. The van der Waals surface area contributed by atoms with Gasteiger partial charge in [-0.3, -0.25) is 0 Å². The van der Waals surface area contributed by atoms with E-state index in [0.717, 1.165) is 19.3 Å². The molecule has 0 bridgehead atoms. The van der Waals surface area contributed by atoms with Gasteiger partial charge in [0, 0.05) is 12.1 Å². The van der Waals surface area contributed by atoms with Crippen molar-refractivity contribution in [1.29, 1.82) is 0 Å². The molecule has 1 heterocycles. The topological polar surface area (TPSA) is 61.3 Å². The van der Waals surface area contributed by atoms with Crippen molar-refractivity contribution in [3.8, 4) is 0 Å². The Morgan fingerprint density at radius 1 is 1.50 bits per heavy atom. The summed E-state index contributed by atoms with van der Waals surface area (Å²) < 4.78 is 5.70. The molecule has 0 saturated carbocycles. The van der Waals surface area contributed by atoms with Crippen LogP contribution >= 0.6 is 0 Å². The Morgan fingerprint density at radius 3 is 2.67 bits per heavy atom. The zero-order valence-corrected chi connectivity index (χ0v) is 7.99. The predicted octanol–water partition coefficient (Wildman–Crippen LogP) is 0.618. The van der Waals surface area contributed by atoms with E-state index in [1.165, 1.54) is 0 Å². The van der Waals surface area contributed by atoms with Gasteiger partial charge in [0.2, 0.25) is 0 Å². The van der Waals surface area contributed by atoms with E-state index >= 15 is 0 Å². The van der Waals surface area contributed by atoms with Gasteiger partial charge in [-0.15, -0.1) is 0 Å². The van der Waals surface area contributed by atoms with E-state index in [9.17, 15) is 0 Å². The second-order valence-corrected chi connectivity index (χ2v) is 3.69. The minimum absolute atomic E-state index is 0.168. The monoisotopic (exact) mass is 172 g/mol. The third-order valence-electron chi connectivity index (χ3n) is 2.73. The first kappa shape index (κ1) is 9.96. The first-order chi connectivity index (χ1) is 5.65. The second kappa shape index (κ2) is 4.21. The Hall–Kier alpha value is -0.120. The molecule has 0 radical (unpaired) electrons. The van der Waals surface area contributed by atoms with Crippen molar-refractivity contribution < 1.29 is 4.74 Å². The van der Waals surface area contributed by atoms with Crippen LogP contribution in [-0.2, 0) is 4.74 Å². The molecule has 1 fully saturated rings. The molecular formula is C9H20N2O. The third kappa shape index (κ3) is 2.19. The van der Waals surface area contributed by atoms with Crippen LogP contribution in [0.25, 0.3) is 0 Å². The second-order valence-electron chi connectivity index (χ2n) is 3.69. The SMILES string of the molecule is CCC(N)C1CCC(N)[C@@H](C)O1. The standard InChI is InChI=1S/C9H20N2O/c1-3-7(10)9-5-4-8(11)6(2)12-9/h6-9H,3-5,10-11H2,1-2H3/t6-,7?,8?,9?/m1/s1. The molecule has 3 unspecified atom stereocenters. The summed E-state index contributed by atoms with van der Waals surface area (Å²) in [5, 5.41) is 0. The Kier molecular flexibility index (Phi) is 3.50. The molecular weight excluding hydrogens is 152 g/mol. The predicted molar refractivity (Wildman–Crippen MR) is 49.8 cm³/mol. The van der Waals surface area contributed by atoms with Crippen molar-refractivity contribution >= 4 is 0 Å². The van der Waals surface area contributed by atoms with E-state index in [1.54, 1.807) is 0 Å². The summed E-state index contributed by atoms with van der Waals surface area (Å²) >= 11 is 0. The minimum atomic E-state index is 0.168. The molecule has 0 aromatic heterocycles. The lowest BCUT2D eigenvalue weighted by molar-refractivity contribution is -0.0623. The fourth-order valence-corrected chi connectivity index (χ4v) is 1.61. The van der Waals surface area contributed by atoms with Crippen LogP contribution in [0.2, 0.25) is 0 Å². The Balaban J connectivity index is 2.39. The van der Waals surface area contributed by atoms with Crippen LogP contribution in [0.5, 0.6) is 0 Å². The Bertz CT molecular complexity index is 140. The van der Waals surface area contributed by atoms with Crippen LogP contribution in [0.4, 0.5) is 0 Å². The number of rotatable bonds is 2. The lowest BCUT2D eigenvalue weighted by atomic mass is 9.95. The van der Waals surface area contributed by atoms with E-state index in [4.69, 9.17) is 16.2 Å². The van der Waals surface area contributed by atoms with Gasteiger partial charge < -0.3 is 16.2 Å². The van der Waals surface area contributed by atoms with Crippen molar-refractivity contribution in [3.05, 3.63) is 0 Å². The zero-order valence-electron chi connectivity index (χ0n) is 7.99. The van der Waals surface area contributed by atoms with Crippen LogP contribution in [0, 0.1) is 0 Å². The number of hydrogen-bond donors (Lipinski definition) is 2. The number of hydrogen-bond acceptors (Lipinski definition) is 3. The summed E-state index contributed by atoms with van der Waals surface area (Å²) in [5.74, 6) is 0. The van der Waals surface area contributed by atoms with E-state index in [0.29, 0.717) is 0 Å². The zero-order chi connectivity index (χ0) is 9.14. The van der Waals surface area contributed by atoms with Gasteiger partial charge >= 0.3 is 0 Å². The van der Waals surface area contributed by atoms with Crippen LogP contribution in [0.15, 0.2) is 0 Å². The summed E-state index contributed by atoms with van der Waals surface area (Å²) in [6, 6.07) is 0.380. The van der Waals surface area contributed by atoms with Crippen LogP contribution in [0.1, 0.15) is 33.1 Å². The average Bonchev–Trinajstić information content (AvgIpc) is 2.08. The smallest absolute Gasteiger partial charge is 0.0730 e. The third-order valence-corrected chi connectivity index (χ3v) is 2.73. The molecule has 3 nitrogen and oxygen atoms in total. The van der Waals surface area contributed by atoms with Gasteiger partial charge in [0.05, 0.1) is 12.2 Å². The highest BCUT2D eigenvalue weighted by atomic mass is 16.5. The normalized spacial score (nSPS) is 39.5. The number of nitrogens with two attached hydrogens (primary N) is 2. The highest BCUT2D eigenvalue weighted by molar-refractivity contribution is 4.83. The molecule has 0 aromatic carbocycles. The van der Waals surface area contributed by atoms with Gasteiger partial charge in [-0.2, -0.15) is 0 Å². The van der Waals surface area contributed by atoms with Crippen LogP contribution in [0.3, 0.4) is 0 Å². The molecule has 0 aliphatic carbocycles. The van der Waals surface area contributed by atoms with E-state index in [-0.39, 0.29) is 24.3 Å². The molecule has 1 rings (SSSR count). The highest BCUT2D eigenvalue weighted by Gasteiger charge is 2.28. The van der Waals surface area contributed by atoms with Crippen LogP contribution < -0.4 is 11.5 Å². The van der Waals surface area contributed by atoms with Gasteiger partial charge in [-0.25, -0.2) is 0 Å². The highest BCUT2D eigenvalue weighted by Crippen LogP contribution is 2.20. The molecule has 4 atom stereocenters. The number of ether oxygens (including phenoxy) is 1.